The quantitative estimate of drug-likeness (QED) is 0.755. The fraction of sp³-hybridized carbons (Fsp3) is 1.00. The van der Waals surface area contributed by atoms with Crippen LogP contribution in [0.4, 0.5) is 0 Å². The number of halogens is 1. The summed E-state index contributed by atoms with van der Waals surface area (Å²) in [5, 5.41) is 0.987. The maximum atomic E-state index is 11.9. The van der Waals surface area contributed by atoms with Crippen LogP contribution in [0, 0.1) is 17.3 Å². The molecule has 0 saturated heterocycles. The lowest BCUT2D eigenvalue weighted by atomic mass is 9.94. The Kier molecular flexibility index (Phi) is 6.13. The van der Waals surface area contributed by atoms with E-state index in [1.807, 2.05) is 0 Å². The molecule has 2 atom stereocenters. The average molecular weight is 340 g/mol. The van der Waals surface area contributed by atoms with Crippen LogP contribution in [0.3, 0.4) is 0 Å². The van der Waals surface area contributed by atoms with Gasteiger partial charge in [-0.25, -0.2) is 13.1 Å². The summed E-state index contributed by atoms with van der Waals surface area (Å²) < 4.78 is 26.6. The van der Waals surface area contributed by atoms with Crippen molar-refractivity contribution in [3.63, 3.8) is 0 Å². The summed E-state index contributed by atoms with van der Waals surface area (Å²) in [7, 11) is -3.10. The van der Waals surface area contributed by atoms with Crippen molar-refractivity contribution in [3.05, 3.63) is 0 Å². The van der Waals surface area contributed by atoms with Crippen molar-refractivity contribution >= 4 is 26.0 Å². The van der Waals surface area contributed by atoms with Crippen LogP contribution < -0.4 is 4.72 Å². The maximum Gasteiger partial charge on any atom is 0.211 e. The maximum absolute atomic E-state index is 11.9. The van der Waals surface area contributed by atoms with Crippen molar-refractivity contribution in [1.82, 2.24) is 4.72 Å². The molecule has 0 bridgehead atoms. The zero-order chi connectivity index (χ0) is 13.8. The molecule has 0 aliphatic heterocycles. The lowest BCUT2D eigenvalue weighted by Crippen LogP contribution is -2.33. The molecule has 0 aromatic carbocycles. The van der Waals surface area contributed by atoms with Crippen LogP contribution in [-0.2, 0) is 10.0 Å². The highest BCUT2D eigenvalue weighted by Gasteiger charge is 2.27. The molecule has 0 spiro atoms. The third kappa shape index (κ3) is 6.02. The Morgan fingerprint density at radius 1 is 1.22 bits per heavy atom. The van der Waals surface area contributed by atoms with Gasteiger partial charge in [0.25, 0.3) is 0 Å². The zero-order valence-electron chi connectivity index (χ0n) is 11.7. The van der Waals surface area contributed by atoms with Crippen LogP contribution in [0.1, 0.15) is 46.5 Å². The van der Waals surface area contributed by atoms with Gasteiger partial charge in [-0.05, 0) is 36.5 Å². The highest BCUT2D eigenvalue weighted by molar-refractivity contribution is 9.09. The van der Waals surface area contributed by atoms with E-state index in [0.717, 1.165) is 11.8 Å². The van der Waals surface area contributed by atoms with Crippen molar-refractivity contribution in [2.45, 2.75) is 46.5 Å². The van der Waals surface area contributed by atoms with Crippen molar-refractivity contribution in [1.29, 1.82) is 0 Å². The average Bonchev–Trinajstić information content (AvgIpc) is 2.70. The SMILES string of the molecule is CC(C)(C)CCS(=O)(=O)NCC1CCCC1CBr. The predicted molar refractivity (Wildman–Crippen MR) is 80.5 cm³/mol. The topological polar surface area (TPSA) is 46.2 Å². The van der Waals surface area contributed by atoms with Gasteiger partial charge in [-0.3, -0.25) is 0 Å². The lowest BCUT2D eigenvalue weighted by Gasteiger charge is -2.20. The number of alkyl halides is 1. The van der Waals surface area contributed by atoms with Crippen LogP contribution in [-0.4, -0.2) is 26.0 Å². The van der Waals surface area contributed by atoms with Gasteiger partial charge in [0.1, 0.15) is 0 Å². The Bertz CT molecular complexity index is 348. The first-order valence-electron chi connectivity index (χ1n) is 6.77. The van der Waals surface area contributed by atoms with Crippen LogP contribution in [0.15, 0.2) is 0 Å². The smallest absolute Gasteiger partial charge is 0.211 e. The fourth-order valence-electron chi connectivity index (χ4n) is 2.33. The largest absolute Gasteiger partial charge is 0.215 e. The van der Waals surface area contributed by atoms with Gasteiger partial charge in [0.05, 0.1) is 5.75 Å². The van der Waals surface area contributed by atoms with Crippen molar-refractivity contribution in [2.75, 3.05) is 17.6 Å². The molecule has 0 aromatic heterocycles. The zero-order valence-corrected chi connectivity index (χ0v) is 14.1. The lowest BCUT2D eigenvalue weighted by molar-refractivity contribution is 0.393. The van der Waals surface area contributed by atoms with E-state index in [1.165, 1.54) is 12.8 Å². The molecule has 0 radical (unpaired) electrons. The number of nitrogens with one attached hydrogen (secondary N) is 1. The minimum absolute atomic E-state index is 0.0699. The molecule has 1 aliphatic carbocycles. The molecule has 1 aliphatic rings. The van der Waals surface area contributed by atoms with Gasteiger partial charge in [-0.2, -0.15) is 0 Å². The van der Waals surface area contributed by atoms with E-state index in [9.17, 15) is 8.42 Å². The summed E-state index contributed by atoms with van der Waals surface area (Å²) in [5.41, 5.74) is 0.0699. The molecule has 0 amide bonds. The normalized spacial score (nSPS) is 25.6. The highest BCUT2D eigenvalue weighted by atomic mass is 79.9. The first kappa shape index (κ1) is 16.4. The Hall–Kier alpha value is 0.390. The van der Waals surface area contributed by atoms with Crippen LogP contribution in [0.25, 0.3) is 0 Å². The van der Waals surface area contributed by atoms with Gasteiger partial charge in [-0.15, -0.1) is 0 Å². The molecule has 1 rings (SSSR count). The second-order valence-electron chi connectivity index (χ2n) is 6.58. The molecule has 0 heterocycles. The van der Waals surface area contributed by atoms with E-state index in [-0.39, 0.29) is 11.2 Å². The van der Waals surface area contributed by atoms with Gasteiger partial charge >= 0.3 is 0 Å². The summed E-state index contributed by atoms with van der Waals surface area (Å²) in [5.74, 6) is 1.38. The standard InChI is InChI=1S/C13H26BrNO2S/c1-13(2,3)7-8-18(16,17)15-10-12-6-4-5-11(12)9-14/h11-12,15H,4-10H2,1-3H3. The van der Waals surface area contributed by atoms with Gasteiger partial charge < -0.3 is 0 Å². The number of hydrogen-bond acceptors (Lipinski definition) is 2. The fourth-order valence-corrected chi connectivity index (χ4v) is 4.68. The predicted octanol–water partition coefficient (Wildman–Crippen LogP) is 3.15. The molecular formula is C13H26BrNO2S. The van der Waals surface area contributed by atoms with E-state index in [4.69, 9.17) is 0 Å². The minimum Gasteiger partial charge on any atom is -0.215 e. The van der Waals surface area contributed by atoms with Crippen LogP contribution in [0.5, 0.6) is 0 Å². The Morgan fingerprint density at radius 3 is 2.39 bits per heavy atom. The minimum atomic E-state index is -3.10. The van der Waals surface area contributed by atoms with E-state index >= 15 is 0 Å². The second-order valence-corrected chi connectivity index (χ2v) is 9.16. The molecule has 1 fully saturated rings. The molecule has 3 nitrogen and oxygen atoms in total. The summed E-state index contributed by atoms with van der Waals surface area (Å²) in [4.78, 5) is 0. The van der Waals surface area contributed by atoms with Gasteiger partial charge in [0.15, 0.2) is 0 Å². The van der Waals surface area contributed by atoms with Crippen LogP contribution >= 0.6 is 15.9 Å². The summed E-state index contributed by atoms with van der Waals surface area (Å²) in [6.45, 7) is 6.82. The Balaban J connectivity index is 2.37. The monoisotopic (exact) mass is 339 g/mol. The Labute approximate surface area is 120 Å². The highest BCUT2D eigenvalue weighted by Crippen LogP contribution is 2.32. The van der Waals surface area contributed by atoms with Gasteiger partial charge in [0.2, 0.25) is 10.0 Å². The summed E-state index contributed by atoms with van der Waals surface area (Å²) in [6, 6.07) is 0. The third-order valence-electron chi connectivity index (χ3n) is 3.70. The van der Waals surface area contributed by atoms with Gasteiger partial charge in [0, 0.05) is 11.9 Å². The van der Waals surface area contributed by atoms with Crippen molar-refractivity contribution in [2.24, 2.45) is 17.3 Å². The number of rotatable bonds is 6. The van der Waals surface area contributed by atoms with Crippen molar-refractivity contribution in [3.8, 4) is 0 Å². The summed E-state index contributed by atoms with van der Waals surface area (Å²) in [6.07, 6.45) is 4.30. The van der Waals surface area contributed by atoms with E-state index < -0.39 is 10.0 Å². The van der Waals surface area contributed by atoms with Crippen LogP contribution in [0.2, 0.25) is 0 Å². The van der Waals surface area contributed by atoms with Gasteiger partial charge in [-0.1, -0.05) is 43.1 Å². The van der Waals surface area contributed by atoms with E-state index in [0.29, 0.717) is 24.8 Å². The van der Waals surface area contributed by atoms with E-state index in [1.54, 1.807) is 0 Å². The molecular weight excluding hydrogens is 314 g/mol. The summed E-state index contributed by atoms with van der Waals surface area (Å²) >= 11 is 3.52. The molecule has 18 heavy (non-hydrogen) atoms. The molecule has 2 unspecified atom stereocenters. The van der Waals surface area contributed by atoms with E-state index in [2.05, 4.69) is 41.4 Å². The molecule has 108 valence electrons. The van der Waals surface area contributed by atoms with Crippen molar-refractivity contribution < 1.29 is 8.42 Å². The molecule has 0 aromatic rings. The first-order valence-corrected chi connectivity index (χ1v) is 9.54. The molecule has 5 heteroatoms. The second kappa shape index (κ2) is 6.71. The molecule has 1 saturated carbocycles. The first-order chi connectivity index (χ1) is 8.23. The Morgan fingerprint density at radius 2 is 1.83 bits per heavy atom. The number of hydrogen-bond donors (Lipinski definition) is 1. The number of sulfonamides is 1. The third-order valence-corrected chi connectivity index (χ3v) is 5.88. The molecule has 1 N–H and O–H groups in total.